The number of nitrogens with zero attached hydrogens (tertiary/aromatic N) is 5. The van der Waals surface area contributed by atoms with Gasteiger partial charge in [-0.15, -0.1) is 0 Å². The van der Waals surface area contributed by atoms with Crippen molar-refractivity contribution in [2.24, 2.45) is 0 Å². The molecule has 3 heterocycles. The Morgan fingerprint density at radius 2 is 2.00 bits per heavy atom. The standard InChI is InChI=1S/C15H22N6O3/c1-10-8-14(23-18-10)17-13(22)9-20-4-6-21(7-5-20)11(2)15-16-12(3)19-24-15/h8,11H,4-7,9H2,1-3H3,(H,17,22)/t11-/m0/s1. The molecule has 1 amide bonds. The highest BCUT2D eigenvalue weighted by molar-refractivity contribution is 5.90. The maximum absolute atomic E-state index is 12.0. The zero-order chi connectivity index (χ0) is 17.1. The number of hydrogen-bond donors (Lipinski definition) is 1. The van der Waals surface area contributed by atoms with Gasteiger partial charge in [0.1, 0.15) is 0 Å². The summed E-state index contributed by atoms with van der Waals surface area (Å²) in [7, 11) is 0. The number of hydrogen-bond acceptors (Lipinski definition) is 8. The molecule has 0 saturated carbocycles. The Morgan fingerprint density at radius 1 is 1.25 bits per heavy atom. The first-order valence-corrected chi connectivity index (χ1v) is 8.01. The van der Waals surface area contributed by atoms with Gasteiger partial charge in [-0.3, -0.25) is 19.9 Å². The minimum atomic E-state index is -0.0971. The summed E-state index contributed by atoms with van der Waals surface area (Å²) in [6, 6.07) is 1.78. The lowest BCUT2D eigenvalue weighted by Crippen LogP contribution is -2.49. The number of anilines is 1. The van der Waals surface area contributed by atoms with E-state index in [1.807, 2.05) is 13.8 Å². The van der Waals surface area contributed by atoms with Crippen molar-refractivity contribution in [2.45, 2.75) is 26.8 Å². The number of nitrogens with one attached hydrogen (secondary N) is 1. The summed E-state index contributed by atoms with van der Waals surface area (Å²) in [6.07, 6.45) is 0. The molecule has 1 aliphatic rings. The summed E-state index contributed by atoms with van der Waals surface area (Å²) < 4.78 is 10.2. The van der Waals surface area contributed by atoms with Gasteiger partial charge in [-0.25, -0.2) is 0 Å². The van der Waals surface area contributed by atoms with Crippen molar-refractivity contribution in [3.63, 3.8) is 0 Å². The van der Waals surface area contributed by atoms with E-state index in [1.165, 1.54) is 0 Å². The van der Waals surface area contributed by atoms with E-state index in [0.29, 0.717) is 24.1 Å². The monoisotopic (exact) mass is 334 g/mol. The lowest BCUT2D eigenvalue weighted by Gasteiger charge is -2.36. The first kappa shape index (κ1) is 16.6. The Bertz CT molecular complexity index is 689. The second-order valence-electron chi connectivity index (χ2n) is 6.05. The van der Waals surface area contributed by atoms with E-state index in [0.717, 1.165) is 31.9 Å². The third-order valence-electron chi connectivity index (χ3n) is 4.11. The summed E-state index contributed by atoms with van der Waals surface area (Å²) in [5.74, 6) is 1.57. The average Bonchev–Trinajstić information content (AvgIpc) is 3.16. The molecule has 0 bridgehead atoms. The molecule has 0 aliphatic carbocycles. The van der Waals surface area contributed by atoms with Crippen LogP contribution in [0.25, 0.3) is 0 Å². The second kappa shape index (κ2) is 7.10. The topological polar surface area (TPSA) is 101 Å². The summed E-state index contributed by atoms with van der Waals surface area (Å²) in [5, 5.41) is 10.3. The van der Waals surface area contributed by atoms with E-state index < -0.39 is 0 Å². The van der Waals surface area contributed by atoms with Gasteiger partial charge in [0.25, 0.3) is 0 Å². The van der Waals surface area contributed by atoms with Gasteiger partial charge in [0.2, 0.25) is 17.7 Å². The van der Waals surface area contributed by atoms with Crippen molar-refractivity contribution in [2.75, 3.05) is 38.0 Å². The van der Waals surface area contributed by atoms with Crippen molar-refractivity contribution in [1.29, 1.82) is 0 Å². The molecule has 1 atom stereocenters. The molecule has 2 aromatic rings. The minimum Gasteiger partial charge on any atom is -0.338 e. The van der Waals surface area contributed by atoms with Crippen LogP contribution in [0.5, 0.6) is 0 Å². The van der Waals surface area contributed by atoms with Crippen LogP contribution in [0.1, 0.15) is 30.4 Å². The Balaban J connectivity index is 1.45. The Hall–Kier alpha value is -2.26. The third-order valence-corrected chi connectivity index (χ3v) is 4.11. The van der Waals surface area contributed by atoms with Crippen molar-refractivity contribution in [3.8, 4) is 0 Å². The number of carbonyl (C=O) groups excluding carboxylic acids is 1. The lowest BCUT2D eigenvalue weighted by molar-refractivity contribution is -0.117. The molecule has 130 valence electrons. The molecular weight excluding hydrogens is 312 g/mol. The zero-order valence-electron chi connectivity index (χ0n) is 14.2. The Kier molecular flexibility index (Phi) is 4.91. The maximum atomic E-state index is 12.0. The maximum Gasteiger partial charge on any atom is 0.243 e. The molecule has 3 rings (SSSR count). The molecule has 1 fully saturated rings. The summed E-state index contributed by atoms with van der Waals surface area (Å²) in [5.41, 5.74) is 0.740. The molecule has 0 spiro atoms. The molecule has 24 heavy (non-hydrogen) atoms. The lowest BCUT2D eigenvalue weighted by atomic mass is 10.2. The number of carbonyl (C=O) groups is 1. The molecule has 9 heteroatoms. The van der Waals surface area contributed by atoms with Crippen LogP contribution in [0, 0.1) is 13.8 Å². The minimum absolute atomic E-state index is 0.0827. The van der Waals surface area contributed by atoms with E-state index in [9.17, 15) is 4.79 Å². The van der Waals surface area contributed by atoms with Crippen molar-refractivity contribution in [3.05, 3.63) is 23.5 Å². The van der Waals surface area contributed by atoms with Gasteiger partial charge in [-0.1, -0.05) is 10.3 Å². The second-order valence-corrected chi connectivity index (χ2v) is 6.05. The first-order valence-electron chi connectivity index (χ1n) is 8.01. The van der Waals surface area contributed by atoms with Gasteiger partial charge in [0.15, 0.2) is 5.82 Å². The van der Waals surface area contributed by atoms with Crippen LogP contribution < -0.4 is 5.32 Å². The molecule has 1 saturated heterocycles. The fraction of sp³-hybridized carbons (Fsp3) is 0.600. The van der Waals surface area contributed by atoms with E-state index in [1.54, 1.807) is 6.07 Å². The highest BCUT2D eigenvalue weighted by Gasteiger charge is 2.26. The van der Waals surface area contributed by atoms with E-state index in [2.05, 4.69) is 37.3 Å². The number of aryl methyl sites for hydroxylation is 2. The van der Waals surface area contributed by atoms with Gasteiger partial charge in [0.05, 0.1) is 18.3 Å². The molecule has 1 N–H and O–H groups in total. The molecule has 0 unspecified atom stereocenters. The van der Waals surface area contributed by atoms with E-state index in [4.69, 9.17) is 9.05 Å². The van der Waals surface area contributed by atoms with Gasteiger partial charge in [0, 0.05) is 32.2 Å². The summed E-state index contributed by atoms with van der Waals surface area (Å²) in [4.78, 5) is 20.7. The van der Waals surface area contributed by atoms with Crippen LogP contribution in [0.4, 0.5) is 5.88 Å². The first-order chi connectivity index (χ1) is 11.5. The van der Waals surface area contributed by atoms with Crippen LogP contribution in [0.3, 0.4) is 0 Å². The highest BCUT2D eigenvalue weighted by atomic mass is 16.5. The number of aromatic nitrogens is 3. The normalized spacial score (nSPS) is 17.8. The Labute approximate surface area is 140 Å². The number of piperazine rings is 1. The summed E-state index contributed by atoms with van der Waals surface area (Å²) >= 11 is 0. The largest absolute Gasteiger partial charge is 0.338 e. The molecule has 0 aromatic carbocycles. The smallest absolute Gasteiger partial charge is 0.243 e. The average molecular weight is 334 g/mol. The number of rotatable bonds is 5. The quantitative estimate of drug-likeness (QED) is 0.864. The molecule has 9 nitrogen and oxygen atoms in total. The molecule has 2 aromatic heterocycles. The van der Waals surface area contributed by atoms with Crippen LogP contribution in [0.15, 0.2) is 15.1 Å². The predicted molar refractivity (Wildman–Crippen MR) is 85.3 cm³/mol. The van der Waals surface area contributed by atoms with E-state index >= 15 is 0 Å². The van der Waals surface area contributed by atoms with Gasteiger partial charge >= 0.3 is 0 Å². The van der Waals surface area contributed by atoms with Crippen molar-refractivity contribution in [1.82, 2.24) is 25.1 Å². The fourth-order valence-corrected chi connectivity index (χ4v) is 2.75. The summed E-state index contributed by atoms with van der Waals surface area (Å²) in [6.45, 7) is 9.31. The van der Waals surface area contributed by atoms with E-state index in [-0.39, 0.29) is 11.9 Å². The van der Waals surface area contributed by atoms with Crippen LogP contribution >= 0.6 is 0 Å². The highest BCUT2D eigenvalue weighted by Crippen LogP contribution is 2.20. The van der Waals surface area contributed by atoms with Gasteiger partial charge in [-0.05, 0) is 20.8 Å². The van der Waals surface area contributed by atoms with Crippen LogP contribution in [-0.4, -0.2) is 63.7 Å². The number of amides is 1. The zero-order valence-corrected chi connectivity index (χ0v) is 14.2. The SMILES string of the molecule is Cc1cc(NC(=O)CN2CCN([C@@H](C)c3nc(C)no3)CC2)on1. The van der Waals surface area contributed by atoms with Crippen LogP contribution in [-0.2, 0) is 4.79 Å². The fourth-order valence-electron chi connectivity index (χ4n) is 2.75. The molecule has 0 radical (unpaired) electrons. The van der Waals surface area contributed by atoms with Crippen molar-refractivity contribution >= 4 is 11.8 Å². The van der Waals surface area contributed by atoms with Crippen molar-refractivity contribution < 1.29 is 13.8 Å². The molecule has 1 aliphatic heterocycles. The predicted octanol–water partition coefficient (Wildman–Crippen LogP) is 0.992. The van der Waals surface area contributed by atoms with Crippen LogP contribution in [0.2, 0.25) is 0 Å². The third kappa shape index (κ3) is 3.98. The van der Waals surface area contributed by atoms with Gasteiger partial charge in [-0.2, -0.15) is 4.98 Å². The Morgan fingerprint density at radius 3 is 2.58 bits per heavy atom. The van der Waals surface area contributed by atoms with Gasteiger partial charge < -0.3 is 9.05 Å². The molecular formula is C15H22N6O3.